The molecule has 11 heteroatoms. The Hall–Kier alpha value is -2.92. The molecule has 2 aromatic rings. The van der Waals surface area contributed by atoms with Gasteiger partial charge in [0.2, 0.25) is 0 Å². The fourth-order valence-electron chi connectivity index (χ4n) is 4.49. The molecule has 0 aliphatic carbocycles. The predicted molar refractivity (Wildman–Crippen MR) is 126 cm³/mol. The highest BCUT2D eigenvalue weighted by molar-refractivity contribution is 7.89. The standard InChI is InChI=1S/C25H29F3N2O5S/c1-2-12-24(13-11-17-7-4-3-5-8-17)15-21(31)20(23(32)35-24)10-6-9-18-14-19(25(26,27)28)16-30-22(18)36(29,33)34/h3-5,7-8,14,16,31H,2,6,9-13,15H2,1H3,(H2,29,33,34)/t24-/m1/s1. The number of carbonyl (C=O) groups is 1. The lowest BCUT2D eigenvalue weighted by Crippen LogP contribution is -2.40. The molecule has 196 valence electrons. The number of aliphatic hydroxyl groups is 1. The van der Waals surface area contributed by atoms with Gasteiger partial charge in [0.25, 0.3) is 10.0 Å². The van der Waals surface area contributed by atoms with Crippen LogP contribution in [-0.4, -0.2) is 30.1 Å². The molecule has 0 saturated heterocycles. The summed E-state index contributed by atoms with van der Waals surface area (Å²) >= 11 is 0. The van der Waals surface area contributed by atoms with Gasteiger partial charge < -0.3 is 9.84 Å². The van der Waals surface area contributed by atoms with Crippen LogP contribution in [0.2, 0.25) is 0 Å². The van der Waals surface area contributed by atoms with Crippen LogP contribution in [0.3, 0.4) is 0 Å². The smallest absolute Gasteiger partial charge is 0.417 e. The van der Waals surface area contributed by atoms with Crippen LogP contribution in [0, 0.1) is 0 Å². The summed E-state index contributed by atoms with van der Waals surface area (Å²) in [5.74, 6) is -0.782. The third-order valence-corrected chi connectivity index (χ3v) is 7.11. The molecular formula is C25H29F3N2O5S. The van der Waals surface area contributed by atoms with Crippen molar-refractivity contribution in [2.45, 2.75) is 75.1 Å². The number of cyclic esters (lactones) is 1. The van der Waals surface area contributed by atoms with Gasteiger partial charge in [-0.25, -0.2) is 23.3 Å². The van der Waals surface area contributed by atoms with E-state index in [-0.39, 0.29) is 42.6 Å². The maximum atomic E-state index is 13.1. The number of ether oxygens (including phenoxy) is 1. The quantitative estimate of drug-likeness (QED) is 0.421. The molecule has 0 amide bonds. The molecule has 1 atom stereocenters. The molecule has 1 aliphatic heterocycles. The van der Waals surface area contributed by atoms with Gasteiger partial charge in [0.15, 0.2) is 5.03 Å². The first kappa shape index (κ1) is 27.7. The highest BCUT2D eigenvalue weighted by Gasteiger charge is 2.41. The Balaban J connectivity index is 1.75. The van der Waals surface area contributed by atoms with Crippen molar-refractivity contribution in [3.63, 3.8) is 0 Å². The van der Waals surface area contributed by atoms with E-state index < -0.39 is 38.4 Å². The van der Waals surface area contributed by atoms with E-state index in [1.54, 1.807) is 0 Å². The number of benzene rings is 1. The van der Waals surface area contributed by atoms with E-state index in [0.29, 0.717) is 31.5 Å². The number of carbonyl (C=O) groups excluding carboxylic acids is 1. The van der Waals surface area contributed by atoms with Crippen molar-refractivity contribution < 1.29 is 36.2 Å². The van der Waals surface area contributed by atoms with Crippen molar-refractivity contribution in [3.8, 4) is 0 Å². The maximum absolute atomic E-state index is 13.1. The number of halogens is 3. The summed E-state index contributed by atoms with van der Waals surface area (Å²) < 4.78 is 68.7. The first-order chi connectivity index (χ1) is 16.8. The number of aliphatic hydroxyl groups excluding tert-OH is 1. The summed E-state index contributed by atoms with van der Waals surface area (Å²) in [4.78, 5) is 16.3. The molecule has 0 saturated carbocycles. The second kappa shape index (κ2) is 11.0. The molecule has 0 unspecified atom stereocenters. The molecule has 1 aromatic carbocycles. The van der Waals surface area contributed by atoms with Crippen LogP contribution in [0.15, 0.2) is 59.0 Å². The van der Waals surface area contributed by atoms with Crippen LogP contribution in [0.25, 0.3) is 0 Å². The molecule has 1 aromatic heterocycles. The van der Waals surface area contributed by atoms with Gasteiger partial charge in [-0.3, -0.25) is 0 Å². The highest BCUT2D eigenvalue weighted by atomic mass is 32.2. The van der Waals surface area contributed by atoms with Gasteiger partial charge in [-0.05, 0) is 55.7 Å². The summed E-state index contributed by atoms with van der Waals surface area (Å²) in [5, 5.41) is 15.2. The van der Waals surface area contributed by atoms with E-state index in [0.717, 1.165) is 12.0 Å². The number of esters is 1. The van der Waals surface area contributed by atoms with Gasteiger partial charge in [0, 0.05) is 12.6 Å². The molecule has 36 heavy (non-hydrogen) atoms. The Labute approximate surface area is 208 Å². The van der Waals surface area contributed by atoms with Gasteiger partial charge in [-0.15, -0.1) is 0 Å². The van der Waals surface area contributed by atoms with Crippen molar-refractivity contribution in [2.75, 3.05) is 0 Å². The SMILES string of the molecule is CCC[C@@]1(CCc2ccccc2)CC(O)=C(CCCc2cc(C(F)(F)F)cnc2S(N)(=O)=O)C(=O)O1. The zero-order valence-corrected chi connectivity index (χ0v) is 20.7. The molecule has 0 bridgehead atoms. The number of aryl methyl sites for hydroxylation is 2. The largest absolute Gasteiger partial charge is 0.512 e. The molecule has 3 N–H and O–H groups in total. The van der Waals surface area contributed by atoms with Crippen LogP contribution < -0.4 is 5.14 Å². The van der Waals surface area contributed by atoms with Gasteiger partial charge in [0.1, 0.15) is 11.4 Å². The van der Waals surface area contributed by atoms with Crippen LogP contribution in [0.5, 0.6) is 0 Å². The third-order valence-electron chi connectivity index (χ3n) is 6.21. The van der Waals surface area contributed by atoms with Gasteiger partial charge in [-0.1, -0.05) is 43.7 Å². The number of rotatable bonds is 10. The van der Waals surface area contributed by atoms with E-state index in [1.165, 1.54) is 0 Å². The highest BCUT2D eigenvalue weighted by Crippen LogP contribution is 2.38. The summed E-state index contributed by atoms with van der Waals surface area (Å²) in [7, 11) is -4.36. The Morgan fingerprint density at radius 2 is 1.83 bits per heavy atom. The number of alkyl halides is 3. The first-order valence-electron chi connectivity index (χ1n) is 11.6. The van der Waals surface area contributed by atoms with Crippen LogP contribution in [0.1, 0.15) is 62.1 Å². The number of pyridine rings is 1. The predicted octanol–water partition coefficient (Wildman–Crippen LogP) is 5.00. The molecule has 2 heterocycles. The zero-order chi connectivity index (χ0) is 26.6. The van der Waals surface area contributed by atoms with Crippen LogP contribution in [-0.2, 0) is 38.6 Å². The fourth-order valence-corrected chi connectivity index (χ4v) is 5.22. The summed E-state index contributed by atoms with van der Waals surface area (Å²) in [6.45, 7) is 1.96. The number of nitrogens with two attached hydrogens (primary N) is 1. The van der Waals surface area contributed by atoms with Gasteiger partial charge >= 0.3 is 12.1 Å². The molecule has 0 fully saturated rings. The molecule has 0 radical (unpaired) electrons. The number of hydrogen-bond acceptors (Lipinski definition) is 6. The van der Waals surface area contributed by atoms with E-state index in [1.807, 2.05) is 37.3 Å². The molecule has 7 nitrogen and oxygen atoms in total. The number of hydrogen-bond donors (Lipinski definition) is 2. The lowest BCUT2D eigenvalue weighted by molar-refractivity contribution is -0.161. The summed E-state index contributed by atoms with van der Waals surface area (Å²) in [6, 6.07) is 10.4. The minimum atomic E-state index is -4.71. The minimum Gasteiger partial charge on any atom is -0.512 e. The molecular weight excluding hydrogens is 497 g/mol. The summed E-state index contributed by atoms with van der Waals surface area (Å²) in [5.41, 5.74) is -1.04. The lowest BCUT2D eigenvalue weighted by Gasteiger charge is -2.37. The van der Waals surface area contributed by atoms with E-state index in [4.69, 9.17) is 9.88 Å². The first-order valence-corrected chi connectivity index (χ1v) is 13.2. The minimum absolute atomic E-state index is 0.00807. The second-order valence-electron chi connectivity index (χ2n) is 8.99. The van der Waals surface area contributed by atoms with Crippen molar-refractivity contribution in [3.05, 3.63) is 70.6 Å². The Morgan fingerprint density at radius 3 is 2.42 bits per heavy atom. The van der Waals surface area contributed by atoms with Crippen molar-refractivity contribution in [2.24, 2.45) is 5.14 Å². The van der Waals surface area contributed by atoms with Gasteiger partial charge in [-0.2, -0.15) is 13.2 Å². The van der Waals surface area contributed by atoms with E-state index >= 15 is 0 Å². The Kier molecular flexibility index (Phi) is 8.45. The average molecular weight is 527 g/mol. The Morgan fingerprint density at radius 1 is 1.14 bits per heavy atom. The third kappa shape index (κ3) is 6.85. The second-order valence-corrected chi connectivity index (χ2v) is 10.5. The average Bonchev–Trinajstić information content (AvgIpc) is 2.79. The molecule has 1 aliphatic rings. The van der Waals surface area contributed by atoms with Crippen molar-refractivity contribution in [1.82, 2.24) is 4.98 Å². The topological polar surface area (TPSA) is 120 Å². The maximum Gasteiger partial charge on any atom is 0.417 e. The lowest BCUT2D eigenvalue weighted by atomic mass is 9.83. The number of sulfonamides is 1. The number of primary sulfonamides is 1. The van der Waals surface area contributed by atoms with E-state index in [2.05, 4.69) is 4.98 Å². The zero-order valence-electron chi connectivity index (χ0n) is 19.8. The van der Waals surface area contributed by atoms with Crippen molar-refractivity contribution >= 4 is 16.0 Å². The number of aromatic nitrogens is 1. The normalized spacial score (nSPS) is 18.9. The molecule has 0 spiro atoms. The number of nitrogens with zero attached hydrogens (tertiary/aromatic N) is 1. The van der Waals surface area contributed by atoms with Crippen LogP contribution in [0.4, 0.5) is 13.2 Å². The Bertz CT molecular complexity index is 1230. The molecule has 3 rings (SSSR count). The fraction of sp³-hybridized carbons (Fsp3) is 0.440. The van der Waals surface area contributed by atoms with E-state index in [9.17, 15) is 31.5 Å². The summed E-state index contributed by atoms with van der Waals surface area (Å²) in [6.07, 6.45) is -1.75. The van der Waals surface area contributed by atoms with Crippen LogP contribution >= 0.6 is 0 Å². The van der Waals surface area contributed by atoms with Crippen molar-refractivity contribution in [1.29, 1.82) is 0 Å². The van der Waals surface area contributed by atoms with Gasteiger partial charge in [0.05, 0.1) is 11.1 Å². The monoisotopic (exact) mass is 526 g/mol.